The van der Waals surface area contributed by atoms with E-state index in [1.807, 2.05) is 0 Å². The number of benzene rings is 1. The van der Waals surface area contributed by atoms with Gasteiger partial charge in [-0.1, -0.05) is 15.9 Å². The SMILES string of the molecule is O=S(=O)(c1ccc(F)cc1)N1CCCC(CCBr)C1. The summed E-state index contributed by atoms with van der Waals surface area (Å²) in [6.45, 7) is 1.11. The summed E-state index contributed by atoms with van der Waals surface area (Å²) >= 11 is 3.40. The first-order valence-corrected chi connectivity index (χ1v) is 8.92. The minimum absolute atomic E-state index is 0.174. The van der Waals surface area contributed by atoms with E-state index in [1.165, 1.54) is 28.6 Å². The largest absolute Gasteiger partial charge is 0.243 e. The molecule has 0 spiro atoms. The van der Waals surface area contributed by atoms with Crippen molar-refractivity contribution in [2.45, 2.75) is 24.2 Å². The van der Waals surface area contributed by atoms with Crippen LogP contribution in [-0.4, -0.2) is 31.1 Å². The van der Waals surface area contributed by atoms with Gasteiger partial charge in [0, 0.05) is 18.4 Å². The topological polar surface area (TPSA) is 37.4 Å². The van der Waals surface area contributed by atoms with E-state index in [0.29, 0.717) is 19.0 Å². The zero-order valence-corrected chi connectivity index (χ0v) is 13.0. The molecule has 1 aromatic carbocycles. The van der Waals surface area contributed by atoms with Gasteiger partial charge < -0.3 is 0 Å². The number of nitrogens with zero attached hydrogens (tertiary/aromatic N) is 1. The van der Waals surface area contributed by atoms with Gasteiger partial charge in [-0.25, -0.2) is 12.8 Å². The lowest BCUT2D eigenvalue weighted by atomic mass is 9.97. The normalized spacial score (nSPS) is 21.5. The van der Waals surface area contributed by atoms with Crippen molar-refractivity contribution in [1.82, 2.24) is 4.31 Å². The molecule has 1 unspecified atom stereocenters. The maximum Gasteiger partial charge on any atom is 0.243 e. The zero-order chi connectivity index (χ0) is 13.9. The third kappa shape index (κ3) is 3.55. The Balaban J connectivity index is 2.17. The standard InChI is InChI=1S/C13H17BrFNO2S/c14-8-7-11-2-1-9-16(10-11)19(17,18)13-5-3-12(15)4-6-13/h3-6,11H,1-2,7-10H2. The van der Waals surface area contributed by atoms with Crippen LogP contribution >= 0.6 is 15.9 Å². The molecule has 1 saturated heterocycles. The van der Waals surface area contributed by atoms with Gasteiger partial charge in [-0.15, -0.1) is 0 Å². The number of hydrogen-bond acceptors (Lipinski definition) is 2. The minimum Gasteiger partial charge on any atom is -0.207 e. The molecule has 0 radical (unpaired) electrons. The Morgan fingerprint density at radius 3 is 2.63 bits per heavy atom. The molecule has 0 aromatic heterocycles. The van der Waals surface area contributed by atoms with E-state index in [-0.39, 0.29) is 4.90 Å². The molecule has 106 valence electrons. The van der Waals surface area contributed by atoms with Crippen molar-refractivity contribution in [3.63, 3.8) is 0 Å². The number of piperidine rings is 1. The number of alkyl halides is 1. The highest BCUT2D eigenvalue weighted by Gasteiger charge is 2.29. The van der Waals surface area contributed by atoms with Gasteiger partial charge in [0.15, 0.2) is 0 Å². The first-order valence-electron chi connectivity index (χ1n) is 6.35. The number of sulfonamides is 1. The third-order valence-corrected chi connectivity index (χ3v) is 5.79. The summed E-state index contributed by atoms with van der Waals surface area (Å²) in [5.41, 5.74) is 0. The average molecular weight is 350 g/mol. The van der Waals surface area contributed by atoms with Crippen molar-refractivity contribution in [3.05, 3.63) is 30.1 Å². The summed E-state index contributed by atoms with van der Waals surface area (Å²) in [6.07, 6.45) is 2.94. The molecule has 3 nitrogen and oxygen atoms in total. The van der Waals surface area contributed by atoms with Crippen LogP contribution in [0.5, 0.6) is 0 Å². The Kier molecular flexibility index (Phi) is 4.97. The molecule has 0 aliphatic carbocycles. The molecule has 1 atom stereocenters. The van der Waals surface area contributed by atoms with E-state index >= 15 is 0 Å². The molecular weight excluding hydrogens is 333 g/mol. The van der Waals surface area contributed by atoms with E-state index in [0.717, 1.165) is 24.6 Å². The Morgan fingerprint density at radius 2 is 2.00 bits per heavy atom. The van der Waals surface area contributed by atoms with Gasteiger partial charge in [-0.2, -0.15) is 4.31 Å². The smallest absolute Gasteiger partial charge is 0.207 e. The fourth-order valence-electron chi connectivity index (χ4n) is 2.39. The predicted molar refractivity (Wildman–Crippen MR) is 76.3 cm³/mol. The predicted octanol–water partition coefficient (Wildman–Crippen LogP) is 3.01. The van der Waals surface area contributed by atoms with Gasteiger partial charge >= 0.3 is 0 Å². The van der Waals surface area contributed by atoms with Crippen LogP contribution in [-0.2, 0) is 10.0 Å². The molecule has 0 amide bonds. The van der Waals surface area contributed by atoms with Crippen LogP contribution in [0.3, 0.4) is 0 Å². The van der Waals surface area contributed by atoms with Crippen molar-refractivity contribution in [2.24, 2.45) is 5.92 Å². The molecule has 0 N–H and O–H groups in total. The van der Waals surface area contributed by atoms with Crippen molar-refractivity contribution in [1.29, 1.82) is 0 Å². The number of hydrogen-bond donors (Lipinski definition) is 0. The molecule has 1 aliphatic rings. The quantitative estimate of drug-likeness (QED) is 0.783. The summed E-state index contributed by atoms with van der Waals surface area (Å²) in [5.74, 6) is -0.0156. The van der Waals surface area contributed by atoms with Gasteiger partial charge in [-0.05, 0) is 49.4 Å². The van der Waals surface area contributed by atoms with Crippen molar-refractivity contribution in [3.8, 4) is 0 Å². The third-order valence-electron chi connectivity index (χ3n) is 3.45. The Bertz CT molecular complexity index is 516. The van der Waals surface area contributed by atoms with Crippen LogP contribution < -0.4 is 0 Å². The van der Waals surface area contributed by atoms with E-state index < -0.39 is 15.8 Å². The molecule has 1 heterocycles. The molecule has 19 heavy (non-hydrogen) atoms. The van der Waals surface area contributed by atoms with Crippen molar-refractivity contribution >= 4 is 26.0 Å². The first-order chi connectivity index (χ1) is 9.04. The summed E-state index contributed by atoms with van der Waals surface area (Å²) in [5, 5.41) is 0.891. The highest BCUT2D eigenvalue weighted by atomic mass is 79.9. The maximum atomic E-state index is 12.9. The zero-order valence-electron chi connectivity index (χ0n) is 10.6. The van der Waals surface area contributed by atoms with Crippen LogP contribution in [0, 0.1) is 11.7 Å². The molecule has 0 saturated carbocycles. The summed E-state index contributed by atoms with van der Waals surface area (Å²) in [7, 11) is -3.48. The van der Waals surface area contributed by atoms with Gasteiger partial charge in [0.1, 0.15) is 5.82 Å². The second-order valence-electron chi connectivity index (χ2n) is 4.80. The Labute approximate surface area is 122 Å². The van der Waals surface area contributed by atoms with Crippen LogP contribution in [0.15, 0.2) is 29.2 Å². The molecule has 2 rings (SSSR count). The lowest BCUT2D eigenvalue weighted by Gasteiger charge is -2.31. The summed E-state index contributed by atoms with van der Waals surface area (Å²) in [4.78, 5) is 0.174. The second-order valence-corrected chi connectivity index (χ2v) is 7.53. The van der Waals surface area contributed by atoms with Crippen LogP contribution in [0.25, 0.3) is 0 Å². The van der Waals surface area contributed by atoms with Gasteiger partial charge in [0.2, 0.25) is 10.0 Å². The lowest BCUT2D eigenvalue weighted by Crippen LogP contribution is -2.39. The van der Waals surface area contributed by atoms with Crippen molar-refractivity contribution in [2.75, 3.05) is 18.4 Å². The Morgan fingerprint density at radius 1 is 1.32 bits per heavy atom. The van der Waals surface area contributed by atoms with Crippen molar-refractivity contribution < 1.29 is 12.8 Å². The molecule has 1 aliphatic heterocycles. The highest BCUT2D eigenvalue weighted by molar-refractivity contribution is 9.09. The van der Waals surface area contributed by atoms with E-state index in [1.54, 1.807) is 0 Å². The molecule has 1 aromatic rings. The molecule has 6 heteroatoms. The van der Waals surface area contributed by atoms with Crippen LogP contribution in [0.4, 0.5) is 4.39 Å². The fraction of sp³-hybridized carbons (Fsp3) is 0.538. The molecule has 0 bridgehead atoms. The summed E-state index contributed by atoms with van der Waals surface area (Å²) < 4.78 is 39.3. The molecular formula is C13H17BrFNO2S. The minimum atomic E-state index is -3.48. The lowest BCUT2D eigenvalue weighted by molar-refractivity contribution is 0.263. The number of halogens is 2. The van der Waals surface area contributed by atoms with E-state index in [9.17, 15) is 12.8 Å². The summed E-state index contributed by atoms with van der Waals surface area (Å²) in [6, 6.07) is 5.04. The molecule has 1 fully saturated rings. The fourth-order valence-corrected chi connectivity index (χ4v) is 4.59. The van der Waals surface area contributed by atoms with Crippen LogP contribution in [0.1, 0.15) is 19.3 Å². The van der Waals surface area contributed by atoms with E-state index in [2.05, 4.69) is 15.9 Å². The van der Waals surface area contributed by atoms with E-state index in [4.69, 9.17) is 0 Å². The monoisotopic (exact) mass is 349 g/mol. The average Bonchev–Trinajstić information content (AvgIpc) is 2.40. The van der Waals surface area contributed by atoms with Gasteiger partial charge in [-0.3, -0.25) is 0 Å². The second kappa shape index (κ2) is 6.33. The first kappa shape index (κ1) is 14.9. The van der Waals surface area contributed by atoms with Gasteiger partial charge in [0.05, 0.1) is 4.90 Å². The Hall–Kier alpha value is -0.460. The van der Waals surface area contributed by atoms with Crippen LogP contribution in [0.2, 0.25) is 0 Å². The number of rotatable bonds is 4. The highest BCUT2D eigenvalue weighted by Crippen LogP contribution is 2.25. The van der Waals surface area contributed by atoms with Gasteiger partial charge in [0.25, 0.3) is 0 Å². The maximum absolute atomic E-state index is 12.9.